The summed E-state index contributed by atoms with van der Waals surface area (Å²) >= 11 is 0. The van der Waals surface area contributed by atoms with E-state index in [0.717, 1.165) is 17.9 Å². The highest BCUT2D eigenvalue weighted by Gasteiger charge is 2.39. The Morgan fingerprint density at radius 1 is 1.06 bits per heavy atom. The number of halogens is 1. The van der Waals surface area contributed by atoms with Crippen molar-refractivity contribution < 1.29 is 18.6 Å². The van der Waals surface area contributed by atoms with Crippen molar-refractivity contribution in [2.75, 3.05) is 33.9 Å². The van der Waals surface area contributed by atoms with Crippen molar-refractivity contribution in [3.05, 3.63) is 53.3 Å². The number of hydrogen-bond acceptors (Lipinski definition) is 7. The van der Waals surface area contributed by atoms with E-state index in [-0.39, 0.29) is 11.4 Å². The molecule has 0 radical (unpaired) electrons. The first-order valence-corrected chi connectivity index (χ1v) is 11.1. The van der Waals surface area contributed by atoms with Crippen LogP contribution in [0.4, 0.5) is 10.1 Å². The van der Waals surface area contributed by atoms with Crippen LogP contribution in [-0.2, 0) is 0 Å². The minimum atomic E-state index is -0.670. The SMILES string of the molecule is COc1cc2c(Oc3ccc(N=O)cc3F)ccnc2cc1OCC1CC2CN(C)CC2C1. The fourth-order valence-corrected chi connectivity index (χ4v) is 5.24. The number of nitroso groups, excluding NO2 is 1. The van der Waals surface area contributed by atoms with Crippen molar-refractivity contribution in [3.63, 3.8) is 0 Å². The van der Waals surface area contributed by atoms with E-state index in [1.165, 1.54) is 38.1 Å². The van der Waals surface area contributed by atoms with E-state index in [1.54, 1.807) is 25.4 Å². The Balaban J connectivity index is 1.36. The smallest absolute Gasteiger partial charge is 0.167 e. The Bertz CT molecular complexity index is 1170. The average Bonchev–Trinajstić information content (AvgIpc) is 3.35. The number of methoxy groups -OCH3 is 1. The topological polar surface area (TPSA) is 73.2 Å². The van der Waals surface area contributed by atoms with Crippen LogP contribution in [0.25, 0.3) is 10.9 Å². The lowest BCUT2D eigenvalue weighted by Crippen LogP contribution is -2.18. The summed E-state index contributed by atoms with van der Waals surface area (Å²) in [7, 11) is 3.78. The molecule has 0 spiro atoms. The molecule has 1 saturated heterocycles. The van der Waals surface area contributed by atoms with Gasteiger partial charge in [0.25, 0.3) is 0 Å². The van der Waals surface area contributed by atoms with Gasteiger partial charge in [-0.3, -0.25) is 4.98 Å². The molecule has 0 N–H and O–H groups in total. The molecule has 1 saturated carbocycles. The molecule has 2 heterocycles. The molecular weight excluding hydrogens is 425 g/mol. The number of pyridine rings is 1. The van der Waals surface area contributed by atoms with Gasteiger partial charge in [0.1, 0.15) is 11.4 Å². The monoisotopic (exact) mass is 451 g/mol. The van der Waals surface area contributed by atoms with E-state index in [9.17, 15) is 9.30 Å². The molecule has 2 aromatic carbocycles. The Kier molecular flexibility index (Phi) is 5.85. The molecule has 2 atom stereocenters. The number of aromatic nitrogens is 1. The van der Waals surface area contributed by atoms with Crippen LogP contribution in [0.15, 0.2) is 47.8 Å². The van der Waals surface area contributed by atoms with E-state index in [1.807, 2.05) is 6.07 Å². The Hall–Kier alpha value is -3.26. The van der Waals surface area contributed by atoms with Gasteiger partial charge in [0.15, 0.2) is 23.1 Å². The summed E-state index contributed by atoms with van der Waals surface area (Å²) in [5.74, 6) is 3.05. The number of likely N-dealkylation sites (tertiary alicyclic amines) is 1. The first kappa shape index (κ1) is 21.6. The standard InChI is InChI=1S/C25H26FN3O4/c1-29-12-16-7-15(8-17(16)13-29)14-32-25-11-21-19(10-24(25)31-2)22(5-6-27-21)33-23-4-3-18(28-30)9-20(23)26/h3-6,9-11,15-17H,7-8,12-14H2,1-2H3. The number of fused-ring (bicyclic) bond motifs is 2. The molecule has 3 aromatic rings. The van der Waals surface area contributed by atoms with Gasteiger partial charge in [-0.2, -0.15) is 0 Å². The van der Waals surface area contributed by atoms with E-state index >= 15 is 0 Å². The molecule has 1 aliphatic carbocycles. The van der Waals surface area contributed by atoms with Gasteiger partial charge in [-0.05, 0) is 67.1 Å². The number of rotatable bonds is 7. The molecule has 7 nitrogen and oxygen atoms in total. The van der Waals surface area contributed by atoms with Crippen LogP contribution in [0.2, 0.25) is 0 Å². The van der Waals surface area contributed by atoms with Crippen LogP contribution in [-0.4, -0.2) is 43.7 Å². The Labute approximate surface area is 191 Å². The summed E-state index contributed by atoms with van der Waals surface area (Å²) in [6.07, 6.45) is 4.00. The molecular formula is C25H26FN3O4. The van der Waals surface area contributed by atoms with Crippen LogP contribution in [0.3, 0.4) is 0 Å². The van der Waals surface area contributed by atoms with Crippen LogP contribution in [0, 0.1) is 28.5 Å². The van der Waals surface area contributed by atoms with Crippen LogP contribution >= 0.6 is 0 Å². The Morgan fingerprint density at radius 2 is 1.85 bits per heavy atom. The second-order valence-electron chi connectivity index (χ2n) is 9.03. The minimum Gasteiger partial charge on any atom is -0.493 e. The lowest BCUT2D eigenvalue weighted by atomic mass is 10.0. The maximum Gasteiger partial charge on any atom is 0.167 e. The number of benzene rings is 2. The van der Waals surface area contributed by atoms with Crippen LogP contribution in [0.5, 0.6) is 23.0 Å². The molecule has 172 valence electrons. The highest BCUT2D eigenvalue weighted by molar-refractivity contribution is 5.88. The predicted molar refractivity (Wildman–Crippen MR) is 123 cm³/mol. The summed E-state index contributed by atoms with van der Waals surface area (Å²) in [6, 6.07) is 9.10. The lowest BCUT2D eigenvalue weighted by molar-refractivity contribution is 0.227. The summed E-state index contributed by atoms with van der Waals surface area (Å²) in [4.78, 5) is 17.5. The number of hydrogen-bond donors (Lipinski definition) is 0. The zero-order valence-electron chi connectivity index (χ0n) is 18.7. The van der Waals surface area contributed by atoms with Gasteiger partial charge in [-0.15, -0.1) is 4.91 Å². The van der Waals surface area contributed by atoms with Crippen LogP contribution < -0.4 is 14.2 Å². The molecule has 0 bridgehead atoms. The van der Waals surface area contributed by atoms with Gasteiger partial charge in [0.2, 0.25) is 0 Å². The number of nitrogens with zero attached hydrogens (tertiary/aromatic N) is 3. The third-order valence-electron chi connectivity index (χ3n) is 6.73. The van der Waals surface area contributed by atoms with E-state index < -0.39 is 5.82 Å². The van der Waals surface area contributed by atoms with Gasteiger partial charge in [0, 0.05) is 36.8 Å². The summed E-state index contributed by atoms with van der Waals surface area (Å²) in [5, 5.41) is 3.40. The largest absolute Gasteiger partial charge is 0.493 e. The molecule has 8 heteroatoms. The molecule has 2 fully saturated rings. The first-order valence-electron chi connectivity index (χ1n) is 11.1. The second-order valence-corrected chi connectivity index (χ2v) is 9.03. The molecule has 33 heavy (non-hydrogen) atoms. The molecule has 2 unspecified atom stereocenters. The van der Waals surface area contributed by atoms with Crippen molar-refractivity contribution in [2.45, 2.75) is 12.8 Å². The molecule has 1 aliphatic heterocycles. The second kappa shape index (κ2) is 8.94. The Morgan fingerprint density at radius 3 is 2.55 bits per heavy atom. The highest BCUT2D eigenvalue weighted by Crippen LogP contribution is 2.42. The molecule has 0 amide bonds. The summed E-state index contributed by atoms with van der Waals surface area (Å²) in [5.41, 5.74) is 0.653. The normalized spacial score (nSPS) is 22.3. The van der Waals surface area contributed by atoms with Crippen molar-refractivity contribution in [1.29, 1.82) is 0 Å². The fraction of sp³-hybridized carbons (Fsp3) is 0.400. The maximum absolute atomic E-state index is 14.3. The fourth-order valence-electron chi connectivity index (χ4n) is 5.24. The molecule has 5 rings (SSSR count). The van der Waals surface area contributed by atoms with E-state index in [4.69, 9.17) is 14.2 Å². The van der Waals surface area contributed by atoms with E-state index in [2.05, 4.69) is 22.1 Å². The number of ether oxygens (including phenoxy) is 3. The van der Waals surface area contributed by atoms with Gasteiger partial charge >= 0.3 is 0 Å². The minimum absolute atomic E-state index is 0.000748. The molecule has 2 aliphatic rings. The maximum atomic E-state index is 14.3. The first-order chi connectivity index (χ1) is 16.0. The third-order valence-corrected chi connectivity index (χ3v) is 6.73. The summed E-state index contributed by atoms with van der Waals surface area (Å²) in [6.45, 7) is 3.02. The predicted octanol–water partition coefficient (Wildman–Crippen LogP) is 5.54. The van der Waals surface area contributed by atoms with Crippen molar-refractivity contribution in [3.8, 4) is 23.0 Å². The average molecular weight is 451 g/mol. The van der Waals surface area contributed by atoms with Gasteiger partial charge < -0.3 is 19.1 Å². The zero-order chi connectivity index (χ0) is 22.9. The molecule has 1 aromatic heterocycles. The zero-order valence-corrected chi connectivity index (χ0v) is 18.7. The van der Waals surface area contributed by atoms with Crippen molar-refractivity contribution in [2.24, 2.45) is 22.9 Å². The van der Waals surface area contributed by atoms with Gasteiger partial charge in [0.05, 0.1) is 19.2 Å². The van der Waals surface area contributed by atoms with Crippen molar-refractivity contribution >= 4 is 16.6 Å². The summed E-state index contributed by atoms with van der Waals surface area (Å²) < 4.78 is 31.9. The van der Waals surface area contributed by atoms with Gasteiger partial charge in [-0.25, -0.2) is 4.39 Å². The third kappa shape index (κ3) is 4.35. The lowest BCUT2D eigenvalue weighted by Gasteiger charge is -2.17. The van der Waals surface area contributed by atoms with Crippen molar-refractivity contribution in [1.82, 2.24) is 9.88 Å². The highest BCUT2D eigenvalue weighted by atomic mass is 19.1. The van der Waals surface area contributed by atoms with Gasteiger partial charge in [-0.1, -0.05) is 0 Å². The van der Waals surface area contributed by atoms with Crippen LogP contribution in [0.1, 0.15) is 12.8 Å². The quantitative estimate of drug-likeness (QED) is 0.439. The van der Waals surface area contributed by atoms with E-state index in [0.29, 0.717) is 40.7 Å².